The lowest BCUT2D eigenvalue weighted by molar-refractivity contribution is -0.138. The van der Waals surface area contributed by atoms with Crippen LogP contribution in [0.25, 0.3) is 0 Å². The van der Waals surface area contributed by atoms with Crippen LogP contribution in [0.5, 0.6) is 0 Å². The van der Waals surface area contributed by atoms with Crippen molar-refractivity contribution < 1.29 is 14.7 Å². The quantitative estimate of drug-likeness (QED) is 0.795. The van der Waals surface area contributed by atoms with E-state index in [0.29, 0.717) is 12.5 Å². The highest BCUT2D eigenvalue weighted by Gasteiger charge is 2.26. The molecule has 0 aromatic heterocycles. The molecule has 1 amide bonds. The van der Waals surface area contributed by atoms with Crippen molar-refractivity contribution in [2.24, 2.45) is 5.92 Å². The summed E-state index contributed by atoms with van der Waals surface area (Å²) in [4.78, 5) is 24.5. The lowest BCUT2D eigenvalue weighted by Crippen LogP contribution is -2.38. The number of hydrogen-bond acceptors (Lipinski definition) is 3. The summed E-state index contributed by atoms with van der Waals surface area (Å²) in [6.07, 6.45) is 2.27. The number of rotatable bonds is 7. The van der Waals surface area contributed by atoms with E-state index < -0.39 is 5.97 Å². The van der Waals surface area contributed by atoms with Crippen LogP contribution in [-0.2, 0) is 9.59 Å². The van der Waals surface area contributed by atoms with Crippen molar-refractivity contribution in [2.75, 3.05) is 25.0 Å². The highest BCUT2D eigenvalue weighted by atomic mass is 16.4. The molecule has 0 unspecified atom stereocenters. The van der Waals surface area contributed by atoms with Gasteiger partial charge in [0, 0.05) is 12.2 Å². The third-order valence-electron chi connectivity index (χ3n) is 3.27. The van der Waals surface area contributed by atoms with Crippen LogP contribution < -0.4 is 5.32 Å². The molecule has 0 spiro atoms. The van der Waals surface area contributed by atoms with Crippen LogP contribution in [-0.4, -0.2) is 41.5 Å². The van der Waals surface area contributed by atoms with Crippen molar-refractivity contribution in [1.82, 2.24) is 4.90 Å². The molecule has 1 saturated carbocycles. The number of hydrogen-bond donors (Lipinski definition) is 2. The minimum absolute atomic E-state index is 0.0855. The number of aryl methyl sites for hydroxylation is 1. The Labute approximate surface area is 118 Å². The standard InChI is InChI=1S/C15H20N2O3/c1-11-2-6-13(7-3-11)16-14(18)9-17(10-15(19)20)8-12-4-5-12/h2-3,6-7,12H,4-5,8-10H2,1H3,(H,16,18)(H,19,20). The summed E-state index contributed by atoms with van der Waals surface area (Å²) in [7, 11) is 0. The normalized spacial score (nSPS) is 14.3. The Balaban J connectivity index is 1.86. The number of carboxylic acids is 1. The van der Waals surface area contributed by atoms with Crippen molar-refractivity contribution in [2.45, 2.75) is 19.8 Å². The Morgan fingerprint density at radius 1 is 1.25 bits per heavy atom. The van der Waals surface area contributed by atoms with Crippen LogP contribution in [0.3, 0.4) is 0 Å². The van der Waals surface area contributed by atoms with Gasteiger partial charge in [-0.3, -0.25) is 14.5 Å². The molecule has 0 heterocycles. The summed E-state index contributed by atoms with van der Waals surface area (Å²) >= 11 is 0. The highest BCUT2D eigenvalue weighted by Crippen LogP contribution is 2.29. The van der Waals surface area contributed by atoms with E-state index in [1.165, 1.54) is 0 Å². The summed E-state index contributed by atoms with van der Waals surface area (Å²) in [6, 6.07) is 7.54. The van der Waals surface area contributed by atoms with E-state index in [-0.39, 0.29) is 19.0 Å². The average Bonchev–Trinajstić information content (AvgIpc) is 3.15. The van der Waals surface area contributed by atoms with Gasteiger partial charge in [0.05, 0.1) is 13.1 Å². The number of carboxylic acid groups (broad SMARTS) is 1. The van der Waals surface area contributed by atoms with Crippen LogP contribution in [0.1, 0.15) is 18.4 Å². The first-order valence-corrected chi connectivity index (χ1v) is 6.83. The zero-order valence-electron chi connectivity index (χ0n) is 11.6. The summed E-state index contributed by atoms with van der Waals surface area (Å²) in [5.41, 5.74) is 1.87. The molecule has 0 bridgehead atoms. The van der Waals surface area contributed by atoms with E-state index in [0.717, 1.165) is 24.1 Å². The van der Waals surface area contributed by atoms with Crippen molar-refractivity contribution >= 4 is 17.6 Å². The minimum atomic E-state index is -0.895. The van der Waals surface area contributed by atoms with Gasteiger partial charge >= 0.3 is 5.97 Å². The molecule has 1 aromatic rings. The van der Waals surface area contributed by atoms with Crippen molar-refractivity contribution in [3.63, 3.8) is 0 Å². The van der Waals surface area contributed by atoms with Gasteiger partial charge in [-0.15, -0.1) is 0 Å². The van der Waals surface area contributed by atoms with Crippen molar-refractivity contribution in [3.8, 4) is 0 Å². The fourth-order valence-corrected chi connectivity index (χ4v) is 2.08. The second-order valence-electron chi connectivity index (χ2n) is 5.42. The number of carbonyl (C=O) groups excluding carboxylic acids is 1. The molecule has 1 aliphatic carbocycles. The van der Waals surface area contributed by atoms with Crippen LogP contribution >= 0.6 is 0 Å². The fourth-order valence-electron chi connectivity index (χ4n) is 2.08. The molecule has 0 radical (unpaired) electrons. The van der Waals surface area contributed by atoms with E-state index in [4.69, 9.17) is 5.11 Å². The molecule has 5 nitrogen and oxygen atoms in total. The molecular weight excluding hydrogens is 256 g/mol. The molecule has 1 fully saturated rings. The Bertz CT molecular complexity index is 480. The van der Waals surface area contributed by atoms with Crippen LogP contribution in [0, 0.1) is 12.8 Å². The molecule has 0 atom stereocenters. The highest BCUT2D eigenvalue weighted by molar-refractivity contribution is 5.92. The Kier molecular flexibility index (Phi) is 4.74. The Morgan fingerprint density at radius 3 is 2.45 bits per heavy atom. The van der Waals surface area contributed by atoms with Gasteiger partial charge in [-0.25, -0.2) is 0 Å². The zero-order chi connectivity index (χ0) is 14.5. The maximum absolute atomic E-state index is 11.9. The van der Waals surface area contributed by atoms with Crippen molar-refractivity contribution in [1.29, 1.82) is 0 Å². The molecule has 1 aromatic carbocycles. The van der Waals surface area contributed by atoms with E-state index in [2.05, 4.69) is 5.32 Å². The lowest BCUT2D eigenvalue weighted by Gasteiger charge is -2.19. The van der Waals surface area contributed by atoms with Gasteiger partial charge in [0.1, 0.15) is 0 Å². The first kappa shape index (κ1) is 14.5. The summed E-state index contributed by atoms with van der Waals surface area (Å²) < 4.78 is 0. The number of amides is 1. The predicted molar refractivity (Wildman–Crippen MR) is 76.6 cm³/mol. The fraction of sp³-hybridized carbons (Fsp3) is 0.467. The molecule has 108 valence electrons. The number of benzene rings is 1. The van der Waals surface area contributed by atoms with Gasteiger partial charge in [-0.2, -0.15) is 0 Å². The third-order valence-corrected chi connectivity index (χ3v) is 3.27. The summed E-state index contributed by atoms with van der Waals surface area (Å²) in [5, 5.41) is 11.7. The van der Waals surface area contributed by atoms with E-state index in [9.17, 15) is 9.59 Å². The first-order chi connectivity index (χ1) is 9.52. The second-order valence-corrected chi connectivity index (χ2v) is 5.42. The second kappa shape index (κ2) is 6.52. The van der Waals surface area contributed by atoms with Crippen LogP contribution in [0.2, 0.25) is 0 Å². The molecule has 2 rings (SSSR count). The number of nitrogens with one attached hydrogen (secondary N) is 1. The monoisotopic (exact) mass is 276 g/mol. The summed E-state index contributed by atoms with van der Waals surface area (Å²) in [6.45, 7) is 2.71. The largest absolute Gasteiger partial charge is 0.480 e. The molecule has 1 aliphatic rings. The Morgan fingerprint density at radius 2 is 1.90 bits per heavy atom. The van der Waals surface area contributed by atoms with E-state index in [1.54, 1.807) is 4.90 Å². The Hall–Kier alpha value is -1.88. The van der Waals surface area contributed by atoms with Gasteiger partial charge in [-0.05, 0) is 37.8 Å². The number of carbonyl (C=O) groups is 2. The number of nitrogens with zero attached hydrogens (tertiary/aromatic N) is 1. The van der Waals surface area contributed by atoms with Gasteiger partial charge in [0.15, 0.2) is 0 Å². The SMILES string of the molecule is Cc1ccc(NC(=O)CN(CC(=O)O)CC2CC2)cc1. The van der Waals surface area contributed by atoms with Gasteiger partial charge in [0.2, 0.25) is 5.91 Å². The average molecular weight is 276 g/mol. The molecule has 5 heteroatoms. The maximum atomic E-state index is 11.9. The lowest BCUT2D eigenvalue weighted by atomic mass is 10.2. The molecule has 20 heavy (non-hydrogen) atoms. The first-order valence-electron chi connectivity index (χ1n) is 6.83. The molecule has 0 saturated heterocycles. The molecule has 2 N–H and O–H groups in total. The van der Waals surface area contributed by atoms with Gasteiger partial charge < -0.3 is 10.4 Å². The maximum Gasteiger partial charge on any atom is 0.317 e. The van der Waals surface area contributed by atoms with Crippen LogP contribution in [0.4, 0.5) is 5.69 Å². The van der Waals surface area contributed by atoms with Gasteiger partial charge in [-0.1, -0.05) is 17.7 Å². The van der Waals surface area contributed by atoms with E-state index >= 15 is 0 Å². The predicted octanol–water partition coefficient (Wildman–Crippen LogP) is 1.73. The minimum Gasteiger partial charge on any atom is -0.480 e. The van der Waals surface area contributed by atoms with Crippen molar-refractivity contribution in [3.05, 3.63) is 29.8 Å². The van der Waals surface area contributed by atoms with E-state index in [1.807, 2.05) is 31.2 Å². The topological polar surface area (TPSA) is 69.6 Å². The van der Waals surface area contributed by atoms with Gasteiger partial charge in [0.25, 0.3) is 0 Å². The zero-order valence-corrected chi connectivity index (χ0v) is 11.6. The number of aliphatic carboxylic acids is 1. The molecular formula is C15H20N2O3. The third kappa shape index (κ3) is 5.01. The van der Waals surface area contributed by atoms with Crippen LogP contribution in [0.15, 0.2) is 24.3 Å². The molecule has 0 aliphatic heterocycles. The smallest absolute Gasteiger partial charge is 0.317 e. The summed E-state index contributed by atoms with van der Waals surface area (Å²) in [5.74, 6) is -0.508. The number of anilines is 1.